The number of hydrogen-bond donors (Lipinski definition) is 1. The molecule has 0 spiro atoms. The molecule has 2 aliphatic heterocycles. The lowest BCUT2D eigenvalue weighted by molar-refractivity contribution is 0.0613. The largest absolute Gasteiger partial charge is 0.497 e. The Bertz CT molecular complexity index is 893. The second-order valence-electron chi connectivity index (χ2n) is 8.87. The van der Waals surface area contributed by atoms with E-state index in [9.17, 15) is 4.79 Å². The van der Waals surface area contributed by atoms with Gasteiger partial charge in [0.05, 0.1) is 32.1 Å². The van der Waals surface area contributed by atoms with Crippen LogP contribution in [-0.2, 0) is 15.9 Å². The summed E-state index contributed by atoms with van der Waals surface area (Å²) in [4.78, 5) is 12.6. The van der Waals surface area contributed by atoms with E-state index < -0.39 is 0 Å². The molecule has 1 N–H and O–H groups in total. The van der Waals surface area contributed by atoms with Gasteiger partial charge in [-0.25, -0.2) is 4.68 Å². The summed E-state index contributed by atoms with van der Waals surface area (Å²) in [6.07, 6.45) is 9.35. The number of carbonyl (C=O) groups is 1. The normalized spacial score (nSPS) is 28.4. The van der Waals surface area contributed by atoms with Crippen LogP contribution < -0.4 is 10.1 Å². The van der Waals surface area contributed by atoms with E-state index in [-0.39, 0.29) is 30.2 Å². The topological polar surface area (TPSA) is 87.5 Å². The Morgan fingerprint density at radius 2 is 1.90 bits per heavy atom. The van der Waals surface area contributed by atoms with Gasteiger partial charge in [0.15, 0.2) is 0 Å². The van der Waals surface area contributed by atoms with Crippen molar-refractivity contribution < 1.29 is 19.0 Å². The molecule has 1 aliphatic carbocycles. The van der Waals surface area contributed by atoms with Crippen molar-refractivity contribution in [2.45, 2.75) is 62.8 Å². The van der Waals surface area contributed by atoms with Crippen LogP contribution >= 0.6 is 0 Å². The zero-order valence-electron chi connectivity index (χ0n) is 17.9. The predicted molar refractivity (Wildman–Crippen MR) is 113 cm³/mol. The molecule has 3 aliphatic rings. The van der Waals surface area contributed by atoms with Gasteiger partial charge in [-0.3, -0.25) is 4.79 Å². The number of amides is 1. The molecule has 5 rings (SSSR count). The number of aromatic nitrogens is 3. The number of methoxy groups -OCH3 is 1. The van der Waals surface area contributed by atoms with Gasteiger partial charge in [-0.1, -0.05) is 37.3 Å². The molecule has 8 nitrogen and oxygen atoms in total. The number of fused-ring (bicyclic) bond motifs is 1. The summed E-state index contributed by atoms with van der Waals surface area (Å²) in [7, 11) is 1.60. The van der Waals surface area contributed by atoms with Gasteiger partial charge in [0.2, 0.25) is 0 Å². The van der Waals surface area contributed by atoms with E-state index in [1.165, 1.54) is 32.1 Å². The Kier molecular flexibility index (Phi) is 5.91. The van der Waals surface area contributed by atoms with Gasteiger partial charge in [0, 0.05) is 11.8 Å². The zero-order chi connectivity index (χ0) is 21.2. The Morgan fingerprint density at radius 1 is 1.13 bits per heavy atom. The van der Waals surface area contributed by atoms with Gasteiger partial charge in [-0.2, -0.15) is 0 Å². The van der Waals surface area contributed by atoms with Crippen molar-refractivity contribution in [3.05, 3.63) is 41.7 Å². The predicted octanol–water partition coefficient (Wildman–Crippen LogP) is 2.55. The number of carbonyl (C=O) groups excluding carboxylic acids is 1. The second kappa shape index (κ2) is 8.96. The summed E-state index contributed by atoms with van der Waals surface area (Å²) < 4.78 is 19.1. The van der Waals surface area contributed by atoms with Crippen molar-refractivity contribution in [1.29, 1.82) is 0 Å². The van der Waals surface area contributed by atoms with Crippen LogP contribution in [0.5, 0.6) is 5.75 Å². The Morgan fingerprint density at radius 3 is 2.68 bits per heavy atom. The number of ether oxygens (including phenoxy) is 3. The first-order valence-electron chi connectivity index (χ1n) is 11.3. The van der Waals surface area contributed by atoms with Crippen LogP contribution in [0.4, 0.5) is 0 Å². The highest BCUT2D eigenvalue weighted by Crippen LogP contribution is 2.34. The molecule has 1 amide bonds. The molecule has 3 fully saturated rings. The Labute approximate surface area is 182 Å². The minimum atomic E-state index is -0.185. The third kappa shape index (κ3) is 4.32. The van der Waals surface area contributed by atoms with Crippen LogP contribution in [0.1, 0.15) is 54.2 Å². The van der Waals surface area contributed by atoms with Gasteiger partial charge in [0.1, 0.15) is 24.0 Å². The number of nitrogens with zero attached hydrogens (tertiary/aromatic N) is 3. The van der Waals surface area contributed by atoms with Crippen molar-refractivity contribution in [2.24, 2.45) is 5.92 Å². The molecule has 2 saturated heterocycles. The standard InChI is InChI=1S/C23H30N4O4/c1-29-18-9-7-16(8-10-18)23(28)24-19-13-30-22-20(14-31-21(19)22)27-12-17(25-26-27)11-15-5-3-2-4-6-15/h7-10,12,15,19-22H,2-6,11,13-14H2,1H3,(H,24,28)/t19-,20+,21-,22+/m1/s1. The summed E-state index contributed by atoms with van der Waals surface area (Å²) in [5, 5.41) is 11.9. The number of benzene rings is 1. The quantitative estimate of drug-likeness (QED) is 0.764. The molecule has 166 valence electrons. The lowest BCUT2D eigenvalue weighted by Crippen LogP contribution is -2.44. The van der Waals surface area contributed by atoms with Crippen LogP contribution in [0.15, 0.2) is 30.5 Å². The Hall–Kier alpha value is -2.45. The highest BCUT2D eigenvalue weighted by atomic mass is 16.6. The van der Waals surface area contributed by atoms with Crippen molar-refractivity contribution in [3.8, 4) is 5.75 Å². The summed E-state index contributed by atoms with van der Waals surface area (Å²) >= 11 is 0. The van der Waals surface area contributed by atoms with Crippen molar-refractivity contribution in [1.82, 2.24) is 20.3 Å². The maximum atomic E-state index is 12.6. The average Bonchev–Trinajstić information content (AvgIpc) is 3.52. The zero-order valence-corrected chi connectivity index (χ0v) is 17.9. The van der Waals surface area contributed by atoms with E-state index in [0.29, 0.717) is 18.8 Å². The fourth-order valence-corrected chi connectivity index (χ4v) is 5.08. The summed E-state index contributed by atoms with van der Waals surface area (Å²) in [6.45, 7) is 0.938. The van der Waals surface area contributed by atoms with Crippen LogP contribution in [0.2, 0.25) is 0 Å². The first-order valence-corrected chi connectivity index (χ1v) is 11.3. The van der Waals surface area contributed by atoms with Gasteiger partial charge < -0.3 is 19.5 Å². The number of hydrogen-bond acceptors (Lipinski definition) is 6. The molecule has 3 heterocycles. The van der Waals surface area contributed by atoms with E-state index in [4.69, 9.17) is 14.2 Å². The summed E-state index contributed by atoms with van der Waals surface area (Å²) in [5.74, 6) is 1.31. The van der Waals surface area contributed by atoms with Gasteiger partial charge in [0.25, 0.3) is 5.91 Å². The maximum Gasteiger partial charge on any atom is 0.251 e. The molecule has 0 radical (unpaired) electrons. The minimum Gasteiger partial charge on any atom is -0.497 e. The number of rotatable bonds is 6. The maximum absolute atomic E-state index is 12.6. The Balaban J connectivity index is 1.19. The summed E-state index contributed by atoms with van der Waals surface area (Å²) in [6, 6.07) is 6.86. The molecular weight excluding hydrogens is 396 g/mol. The summed E-state index contributed by atoms with van der Waals surface area (Å²) in [5.41, 5.74) is 1.64. The van der Waals surface area contributed by atoms with Gasteiger partial charge in [-0.05, 0) is 36.6 Å². The smallest absolute Gasteiger partial charge is 0.251 e. The van der Waals surface area contributed by atoms with Gasteiger partial charge >= 0.3 is 0 Å². The first kappa shape index (κ1) is 20.5. The highest BCUT2D eigenvalue weighted by Gasteiger charge is 2.49. The van der Waals surface area contributed by atoms with Gasteiger partial charge in [-0.15, -0.1) is 5.10 Å². The molecule has 2 aromatic rings. The van der Waals surface area contributed by atoms with E-state index in [1.807, 2.05) is 4.68 Å². The fraction of sp³-hybridized carbons (Fsp3) is 0.609. The van der Waals surface area contributed by atoms with Crippen molar-refractivity contribution >= 4 is 5.91 Å². The molecule has 8 heteroatoms. The van der Waals surface area contributed by atoms with E-state index in [2.05, 4.69) is 21.8 Å². The second-order valence-corrected chi connectivity index (χ2v) is 8.87. The lowest BCUT2D eigenvalue weighted by Gasteiger charge is -2.20. The van der Waals surface area contributed by atoms with Crippen LogP contribution in [0, 0.1) is 5.92 Å². The molecular formula is C23H30N4O4. The molecule has 31 heavy (non-hydrogen) atoms. The molecule has 1 aromatic carbocycles. The molecule has 0 unspecified atom stereocenters. The van der Waals surface area contributed by atoms with Crippen LogP contribution in [-0.4, -0.2) is 59.5 Å². The average molecular weight is 427 g/mol. The van der Waals surface area contributed by atoms with E-state index in [1.54, 1.807) is 31.4 Å². The van der Waals surface area contributed by atoms with Crippen molar-refractivity contribution in [2.75, 3.05) is 20.3 Å². The molecule has 4 atom stereocenters. The fourth-order valence-electron chi connectivity index (χ4n) is 5.08. The van der Waals surface area contributed by atoms with Crippen molar-refractivity contribution in [3.63, 3.8) is 0 Å². The molecule has 1 saturated carbocycles. The monoisotopic (exact) mass is 426 g/mol. The third-order valence-electron chi connectivity index (χ3n) is 6.82. The van der Waals surface area contributed by atoms with E-state index >= 15 is 0 Å². The lowest BCUT2D eigenvalue weighted by atomic mass is 9.86. The van der Waals surface area contributed by atoms with Crippen LogP contribution in [0.25, 0.3) is 0 Å². The molecule has 0 bridgehead atoms. The van der Waals surface area contributed by atoms with E-state index in [0.717, 1.165) is 23.8 Å². The minimum absolute atomic E-state index is 0.0134. The molecule has 1 aromatic heterocycles. The van der Waals surface area contributed by atoms with Crippen LogP contribution in [0.3, 0.4) is 0 Å². The highest BCUT2D eigenvalue weighted by molar-refractivity contribution is 5.94. The number of nitrogens with one attached hydrogen (secondary N) is 1. The SMILES string of the molecule is COc1ccc(C(=O)N[C@@H]2CO[C@@H]3[C@@H]2OC[C@@H]3n2cc(CC3CCCCC3)nn2)cc1. The third-order valence-corrected chi connectivity index (χ3v) is 6.82. The first-order chi connectivity index (χ1) is 15.2.